The molecule has 0 aromatic heterocycles. The highest BCUT2D eigenvalue weighted by Gasteiger charge is 2.43. The van der Waals surface area contributed by atoms with E-state index >= 15 is 0 Å². The van der Waals surface area contributed by atoms with Gasteiger partial charge in [0.1, 0.15) is 5.78 Å². The normalized spacial score (nSPS) is 25.5. The van der Waals surface area contributed by atoms with Crippen molar-refractivity contribution >= 4 is 11.8 Å². The number of carbonyl (C=O) groups is 2. The van der Waals surface area contributed by atoms with E-state index in [4.69, 9.17) is 0 Å². The van der Waals surface area contributed by atoms with Crippen LogP contribution >= 0.6 is 0 Å². The van der Waals surface area contributed by atoms with Crippen molar-refractivity contribution < 1.29 is 24.5 Å². The van der Waals surface area contributed by atoms with Gasteiger partial charge in [0.15, 0.2) is 0 Å². The van der Waals surface area contributed by atoms with Gasteiger partial charge in [0.2, 0.25) is 0 Å². The average molecular weight is 399 g/mol. The molecule has 0 spiro atoms. The van der Waals surface area contributed by atoms with Crippen molar-refractivity contribution in [3.8, 4) is 0 Å². The highest BCUT2D eigenvalue weighted by molar-refractivity contribution is 5.84. The minimum absolute atomic E-state index is 0.00421. The summed E-state index contributed by atoms with van der Waals surface area (Å²) in [7, 11) is 1.41. The minimum Gasteiger partial charge on any atom is -0.469 e. The van der Waals surface area contributed by atoms with E-state index in [1.807, 2.05) is 6.92 Å². The van der Waals surface area contributed by atoms with Crippen LogP contribution in [-0.4, -0.2) is 40.8 Å². The summed E-state index contributed by atoms with van der Waals surface area (Å²) in [6, 6.07) is 0. The van der Waals surface area contributed by atoms with Gasteiger partial charge in [0.25, 0.3) is 0 Å². The van der Waals surface area contributed by atoms with Crippen LogP contribution in [0.1, 0.15) is 97.8 Å². The number of rotatable bonds is 14. The minimum atomic E-state index is -0.660. The molecule has 1 rings (SSSR count). The molecule has 1 fully saturated rings. The largest absolute Gasteiger partial charge is 0.469 e. The molecule has 0 saturated heterocycles. The van der Waals surface area contributed by atoms with E-state index in [2.05, 4.69) is 18.6 Å². The maximum atomic E-state index is 12.4. The molecule has 0 bridgehead atoms. The molecule has 1 aliphatic rings. The third-order valence-corrected chi connectivity index (χ3v) is 6.47. The topological polar surface area (TPSA) is 83.8 Å². The molecule has 1 saturated carbocycles. The highest BCUT2D eigenvalue weighted by atomic mass is 16.5. The van der Waals surface area contributed by atoms with E-state index in [-0.39, 0.29) is 35.9 Å². The molecule has 28 heavy (non-hydrogen) atoms. The summed E-state index contributed by atoms with van der Waals surface area (Å²) >= 11 is 0. The van der Waals surface area contributed by atoms with Gasteiger partial charge in [-0.25, -0.2) is 0 Å². The van der Waals surface area contributed by atoms with Crippen molar-refractivity contribution in [3.05, 3.63) is 0 Å². The summed E-state index contributed by atoms with van der Waals surface area (Å²) in [6.45, 7) is 6.14. The molecular weight excluding hydrogens is 356 g/mol. The third-order valence-electron chi connectivity index (χ3n) is 6.47. The SMILES string of the molecule is CCCCC(C)(O)CCC(C)[C@H]1[C@H](O)CC(=O)[C@@H]1CCCCCCC(=O)OC. The molecule has 5 atom stereocenters. The Hall–Kier alpha value is -0.940. The maximum absolute atomic E-state index is 12.4. The zero-order valence-corrected chi connectivity index (χ0v) is 18.4. The van der Waals surface area contributed by atoms with Crippen LogP contribution in [0.15, 0.2) is 0 Å². The summed E-state index contributed by atoms with van der Waals surface area (Å²) in [5.74, 6) is 0.184. The fourth-order valence-corrected chi connectivity index (χ4v) is 4.61. The first-order valence-corrected chi connectivity index (χ1v) is 11.2. The molecule has 0 aromatic rings. The van der Waals surface area contributed by atoms with E-state index in [1.165, 1.54) is 7.11 Å². The molecule has 0 heterocycles. The van der Waals surface area contributed by atoms with Crippen LogP contribution in [0, 0.1) is 17.8 Å². The van der Waals surface area contributed by atoms with Gasteiger partial charge in [-0.1, -0.05) is 46.0 Å². The summed E-state index contributed by atoms with van der Waals surface area (Å²) < 4.78 is 4.64. The van der Waals surface area contributed by atoms with Crippen molar-refractivity contribution in [3.63, 3.8) is 0 Å². The van der Waals surface area contributed by atoms with Crippen LogP contribution in [-0.2, 0) is 14.3 Å². The molecule has 1 aliphatic carbocycles. The molecule has 164 valence electrons. The van der Waals surface area contributed by atoms with Crippen molar-refractivity contribution in [1.29, 1.82) is 0 Å². The van der Waals surface area contributed by atoms with Gasteiger partial charge < -0.3 is 14.9 Å². The Bertz CT molecular complexity index is 474. The van der Waals surface area contributed by atoms with E-state index in [1.54, 1.807) is 0 Å². The Morgan fingerprint density at radius 3 is 2.54 bits per heavy atom. The van der Waals surface area contributed by atoms with Crippen LogP contribution < -0.4 is 0 Å². The lowest BCUT2D eigenvalue weighted by molar-refractivity contribution is -0.140. The second kappa shape index (κ2) is 12.6. The molecule has 2 unspecified atom stereocenters. The molecule has 2 N–H and O–H groups in total. The zero-order chi connectivity index (χ0) is 21.2. The monoisotopic (exact) mass is 398 g/mol. The standard InChI is InChI=1S/C23H42O5/c1-5-6-14-23(3,27)15-13-17(2)22-18(19(24)16-20(22)25)11-9-7-8-10-12-21(26)28-4/h17-18,20,22,25,27H,5-16H2,1-4H3/t17?,18-,20+,22+,23?/m0/s1. The number of hydrogen-bond donors (Lipinski definition) is 2. The summed E-state index contributed by atoms with van der Waals surface area (Å²) in [5, 5.41) is 21.0. The Morgan fingerprint density at radius 1 is 1.21 bits per heavy atom. The van der Waals surface area contributed by atoms with Crippen molar-refractivity contribution in [2.24, 2.45) is 17.8 Å². The molecule has 5 nitrogen and oxygen atoms in total. The first-order chi connectivity index (χ1) is 13.2. The quantitative estimate of drug-likeness (QED) is 0.334. The summed E-state index contributed by atoms with van der Waals surface area (Å²) in [5.41, 5.74) is -0.660. The van der Waals surface area contributed by atoms with E-state index in [0.717, 1.165) is 57.8 Å². The fraction of sp³-hybridized carbons (Fsp3) is 0.913. The smallest absolute Gasteiger partial charge is 0.305 e. The Balaban J connectivity index is 2.44. The highest BCUT2D eigenvalue weighted by Crippen LogP contribution is 2.40. The van der Waals surface area contributed by atoms with Crippen molar-refractivity contribution in [2.45, 2.75) is 110 Å². The van der Waals surface area contributed by atoms with Gasteiger partial charge in [-0.15, -0.1) is 0 Å². The molecule has 0 aromatic carbocycles. The lowest BCUT2D eigenvalue weighted by Gasteiger charge is -2.30. The predicted octanol–water partition coefficient (Wildman–Crippen LogP) is 4.42. The van der Waals surface area contributed by atoms with Crippen LogP contribution in [0.3, 0.4) is 0 Å². The fourth-order valence-electron chi connectivity index (χ4n) is 4.61. The second-order valence-electron chi connectivity index (χ2n) is 9.07. The van der Waals surface area contributed by atoms with Crippen LogP contribution in [0.25, 0.3) is 0 Å². The second-order valence-corrected chi connectivity index (χ2v) is 9.07. The number of aliphatic hydroxyl groups excluding tert-OH is 1. The maximum Gasteiger partial charge on any atom is 0.305 e. The van der Waals surface area contributed by atoms with Crippen LogP contribution in [0.2, 0.25) is 0 Å². The van der Waals surface area contributed by atoms with E-state index < -0.39 is 11.7 Å². The number of ketones is 1. The van der Waals surface area contributed by atoms with Gasteiger partial charge >= 0.3 is 5.97 Å². The average Bonchev–Trinajstić information content (AvgIpc) is 2.94. The third kappa shape index (κ3) is 8.60. The van der Waals surface area contributed by atoms with Crippen LogP contribution in [0.5, 0.6) is 0 Å². The Morgan fingerprint density at radius 2 is 1.89 bits per heavy atom. The summed E-state index contributed by atoms with van der Waals surface area (Å²) in [6.07, 6.45) is 9.15. The number of hydrogen-bond acceptors (Lipinski definition) is 5. The van der Waals surface area contributed by atoms with Gasteiger partial charge in [-0.3, -0.25) is 9.59 Å². The van der Waals surface area contributed by atoms with Crippen molar-refractivity contribution in [1.82, 2.24) is 0 Å². The number of esters is 1. The van der Waals surface area contributed by atoms with Gasteiger partial charge in [-0.05, 0) is 50.9 Å². The summed E-state index contributed by atoms with van der Waals surface area (Å²) in [4.78, 5) is 23.5. The number of methoxy groups -OCH3 is 1. The lowest BCUT2D eigenvalue weighted by atomic mass is 9.77. The molecule has 0 amide bonds. The Labute approximate surface area is 171 Å². The first kappa shape index (κ1) is 25.1. The van der Waals surface area contributed by atoms with Gasteiger partial charge in [0.05, 0.1) is 18.8 Å². The van der Waals surface area contributed by atoms with Crippen LogP contribution in [0.4, 0.5) is 0 Å². The van der Waals surface area contributed by atoms with E-state index in [0.29, 0.717) is 12.8 Å². The predicted molar refractivity (Wildman–Crippen MR) is 111 cm³/mol. The van der Waals surface area contributed by atoms with Gasteiger partial charge in [0, 0.05) is 18.8 Å². The molecule has 5 heteroatoms. The molecular formula is C23H42O5. The number of aliphatic hydroxyl groups is 2. The van der Waals surface area contributed by atoms with Crippen molar-refractivity contribution in [2.75, 3.05) is 7.11 Å². The number of ether oxygens (including phenoxy) is 1. The molecule has 0 radical (unpaired) electrons. The van der Waals surface area contributed by atoms with E-state index in [9.17, 15) is 19.8 Å². The first-order valence-electron chi connectivity index (χ1n) is 11.2. The number of carbonyl (C=O) groups excluding carboxylic acids is 2. The Kier molecular flexibility index (Phi) is 11.3. The molecule has 0 aliphatic heterocycles. The number of Topliss-reactive ketones (excluding diaryl/α,β-unsaturated/α-hetero) is 1. The number of unbranched alkanes of at least 4 members (excludes halogenated alkanes) is 4. The zero-order valence-electron chi connectivity index (χ0n) is 18.4. The van der Waals surface area contributed by atoms with Gasteiger partial charge in [-0.2, -0.15) is 0 Å². The lowest BCUT2D eigenvalue weighted by Crippen LogP contribution is -2.30.